The molecule has 0 aliphatic carbocycles. The predicted molar refractivity (Wildman–Crippen MR) is 73.7 cm³/mol. The minimum atomic E-state index is -1.13. The number of anilines is 1. The molecule has 1 atom stereocenters. The molecule has 3 N–H and O–H groups in total. The van der Waals surface area contributed by atoms with Crippen LogP contribution in [0.1, 0.15) is 12.1 Å². The zero-order valence-corrected chi connectivity index (χ0v) is 11.5. The molecule has 0 bridgehead atoms. The van der Waals surface area contributed by atoms with Crippen molar-refractivity contribution in [2.24, 2.45) is 0 Å². The Kier molecular flexibility index (Phi) is 4.36. The summed E-state index contributed by atoms with van der Waals surface area (Å²) in [5.41, 5.74) is 1.31. The predicted octanol–water partition coefficient (Wildman–Crippen LogP) is 0.197. The third-order valence-electron chi connectivity index (χ3n) is 3.12. The van der Waals surface area contributed by atoms with Crippen LogP contribution in [0.2, 0.25) is 0 Å². The average Bonchev–Trinajstić information content (AvgIpc) is 2.43. The zero-order valence-electron chi connectivity index (χ0n) is 11.5. The molecule has 1 aromatic heterocycles. The Bertz CT molecular complexity index is 558. The van der Waals surface area contributed by atoms with E-state index in [0.29, 0.717) is 12.2 Å². The van der Waals surface area contributed by atoms with Gasteiger partial charge in [-0.2, -0.15) is 0 Å². The highest BCUT2D eigenvalue weighted by Gasteiger charge is 2.34. The van der Waals surface area contributed by atoms with E-state index >= 15 is 0 Å². The number of aryl methyl sites for hydroxylation is 1. The number of carboxylic acids is 1. The van der Waals surface area contributed by atoms with Crippen molar-refractivity contribution in [3.8, 4) is 0 Å². The standard InChI is InChI=1S/C13H16N4O4/c1-8-2-3-9(7-15-8)16-13(21)17-5-4-14-12(20)10(17)6-11(18)19/h2-3,7,10H,4-6H2,1H3,(H,14,20)(H,16,21)(H,18,19). The average molecular weight is 292 g/mol. The maximum absolute atomic E-state index is 12.2. The molecule has 3 amide bonds. The van der Waals surface area contributed by atoms with E-state index in [1.54, 1.807) is 12.1 Å². The van der Waals surface area contributed by atoms with Gasteiger partial charge < -0.3 is 20.6 Å². The summed E-state index contributed by atoms with van der Waals surface area (Å²) >= 11 is 0. The van der Waals surface area contributed by atoms with E-state index in [0.717, 1.165) is 5.69 Å². The molecule has 1 fully saturated rings. The molecule has 1 saturated heterocycles. The molecule has 1 aliphatic rings. The highest BCUT2D eigenvalue weighted by Crippen LogP contribution is 2.13. The molecule has 0 radical (unpaired) electrons. The fraction of sp³-hybridized carbons (Fsp3) is 0.385. The largest absolute Gasteiger partial charge is 0.481 e. The quantitative estimate of drug-likeness (QED) is 0.736. The summed E-state index contributed by atoms with van der Waals surface area (Å²) < 4.78 is 0. The van der Waals surface area contributed by atoms with E-state index in [4.69, 9.17) is 5.11 Å². The lowest BCUT2D eigenvalue weighted by molar-refractivity contribution is -0.142. The lowest BCUT2D eigenvalue weighted by Gasteiger charge is -2.34. The number of rotatable bonds is 3. The van der Waals surface area contributed by atoms with Crippen molar-refractivity contribution >= 4 is 23.6 Å². The molecule has 8 heteroatoms. The van der Waals surface area contributed by atoms with Crippen molar-refractivity contribution in [1.82, 2.24) is 15.2 Å². The normalized spacial score (nSPS) is 18.0. The third-order valence-corrected chi connectivity index (χ3v) is 3.12. The maximum atomic E-state index is 12.2. The van der Waals surface area contributed by atoms with Gasteiger partial charge in [-0.3, -0.25) is 14.6 Å². The van der Waals surface area contributed by atoms with E-state index in [1.807, 2.05) is 6.92 Å². The summed E-state index contributed by atoms with van der Waals surface area (Å²) in [5, 5.41) is 14.0. The van der Waals surface area contributed by atoms with Gasteiger partial charge in [0.25, 0.3) is 0 Å². The fourth-order valence-corrected chi connectivity index (χ4v) is 2.06. The van der Waals surface area contributed by atoms with Crippen LogP contribution < -0.4 is 10.6 Å². The Labute approximate surface area is 121 Å². The number of carbonyl (C=O) groups is 3. The highest BCUT2D eigenvalue weighted by molar-refractivity contribution is 5.95. The minimum Gasteiger partial charge on any atom is -0.481 e. The SMILES string of the molecule is Cc1ccc(NC(=O)N2CCNC(=O)C2CC(=O)O)cn1. The number of pyridine rings is 1. The minimum absolute atomic E-state index is 0.259. The smallest absolute Gasteiger partial charge is 0.322 e. The summed E-state index contributed by atoms with van der Waals surface area (Å²) in [6.45, 7) is 2.38. The lowest BCUT2D eigenvalue weighted by Crippen LogP contribution is -2.58. The van der Waals surface area contributed by atoms with Crippen LogP contribution in [0, 0.1) is 6.92 Å². The van der Waals surface area contributed by atoms with E-state index < -0.39 is 30.4 Å². The second-order valence-electron chi connectivity index (χ2n) is 4.72. The first-order chi connectivity index (χ1) is 9.97. The molecule has 0 saturated carbocycles. The highest BCUT2D eigenvalue weighted by atomic mass is 16.4. The number of amides is 3. The Morgan fingerprint density at radius 1 is 1.52 bits per heavy atom. The van der Waals surface area contributed by atoms with Crippen molar-refractivity contribution in [2.45, 2.75) is 19.4 Å². The van der Waals surface area contributed by atoms with E-state index in [-0.39, 0.29) is 6.54 Å². The number of aromatic nitrogens is 1. The summed E-state index contributed by atoms with van der Waals surface area (Å²) in [6.07, 6.45) is 1.08. The lowest BCUT2D eigenvalue weighted by atomic mass is 10.1. The van der Waals surface area contributed by atoms with Gasteiger partial charge in [-0.25, -0.2) is 4.79 Å². The second-order valence-corrected chi connectivity index (χ2v) is 4.72. The summed E-state index contributed by atoms with van der Waals surface area (Å²) in [4.78, 5) is 40.0. The summed E-state index contributed by atoms with van der Waals surface area (Å²) in [5.74, 6) is -1.59. The molecule has 112 valence electrons. The number of piperazine rings is 1. The molecule has 8 nitrogen and oxygen atoms in total. The number of hydrogen-bond acceptors (Lipinski definition) is 4. The summed E-state index contributed by atoms with van der Waals surface area (Å²) in [7, 11) is 0. The van der Waals surface area contributed by atoms with Crippen LogP contribution >= 0.6 is 0 Å². The number of nitrogens with zero attached hydrogens (tertiary/aromatic N) is 2. The van der Waals surface area contributed by atoms with Gasteiger partial charge in [-0.05, 0) is 19.1 Å². The molecule has 21 heavy (non-hydrogen) atoms. The van der Waals surface area contributed by atoms with Gasteiger partial charge in [0.1, 0.15) is 6.04 Å². The van der Waals surface area contributed by atoms with Gasteiger partial charge in [-0.1, -0.05) is 0 Å². The van der Waals surface area contributed by atoms with Crippen LogP contribution in [0.3, 0.4) is 0 Å². The monoisotopic (exact) mass is 292 g/mol. The molecule has 0 spiro atoms. The third kappa shape index (κ3) is 3.68. The number of urea groups is 1. The summed E-state index contributed by atoms with van der Waals surface area (Å²) in [6, 6.07) is 1.92. The van der Waals surface area contributed by atoms with Crippen LogP contribution in [0.5, 0.6) is 0 Å². The van der Waals surface area contributed by atoms with Crippen LogP contribution in [-0.2, 0) is 9.59 Å². The molecule has 1 aromatic rings. The van der Waals surface area contributed by atoms with Gasteiger partial charge >= 0.3 is 12.0 Å². The number of nitrogens with one attached hydrogen (secondary N) is 2. The first-order valence-electron chi connectivity index (χ1n) is 6.47. The van der Waals surface area contributed by atoms with Gasteiger partial charge in [0.15, 0.2) is 0 Å². The van der Waals surface area contributed by atoms with Crippen LogP contribution in [0.15, 0.2) is 18.3 Å². The van der Waals surface area contributed by atoms with Gasteiger partial charge in [-0.15, -0.1) is 0 Å². The van der Waals surface area contributed by atoms with Gasteiger partial charge in [0, 0.05) is 18.8 Å². The van der Waals surface area contributed by atoms with Crippen LogP contribution in [0.25, 0.3) is 0 Å². The molecule has 1 aliphatic heterocycles. The second kappa shape index (κ2) is 6.21. The van der Waals surface area contributed by atoms with E-state index in [2.05, 4.69) is 15.6 Å². The molecular formula is C13H16N4O4. The molecule has 2 rings (SSSR count). The first-order valence-corrected chi connectivity index (χ1v) is 6.47. The molecule has 1 unspecified atom stereocenters. The van der Waals surface area contributed by atoms with E-state index in [1.165, 1.54) is 11.1 Å². The van der Waals surface area contributed by atoms with Gasteiger partial charge in [0.2, 0.25) is 5.91 Å². The van der Waals surface area contributed by atoms with Crippen LogP contribution in [-0.4, -0.2) is 52.0 Å². The van der Waals surface area contributed by atoms with E-state index in [9.17, 15) is 14.4 Å². The number of hydrogen-bond donors (Lipinski definition) is 3. The maximum Gasteiger partial charge on any atom is 0.322 e. The number of aliphatic carboxylic acids is 1. The Morgan fingerprint density at radius 2 is 2.29 bits per heavy atom. The van der Waals surface area contributed by atoms with Crippen molar-refractivity contribution in [1.29, 1.82) is 0 Å². The van der Waals surface area contributed by atoms with Crippen molar-refractivity contribution in [3.63, 3.8) is 0 Å². The zero-order chi connectivity index (χ0) is 15.4. The van der Waals surface area contributed by atoms with Crippen molar-refractivity contribution in [3.05, 3.63) is 24.0 Å². The van der Waals surface area contributed by atoms with Crippen molar-refractivity contribution in [2.75, 3.05) is 18.4 Å². The van der Waals surface area contributed by atoms with Crippen molar-refractivity contribution < 1.29 is 19.5 Å². The Morgan fingerprint density at radius 3 is 2.90 bits per heavy atom. The number of carboxylic acid groups (broad SMARTS) is 1. The van der Waals surface area contributed by atoms with Gasteiger partial charge in [0.05, 0.1) is 18.3 Å². The van der Waals surface area contributed by atoms with Crippen LogP contribution in [0.4, 0.5) is 10.5 Å². The number of carbonyl (C=O) groups excluding carboxylic acids is 2. The molecule has 2 heterocycles. The Hall–Kier alpha value is -2.64. The Balaban J connectivity index is 2.09. The molecule has 0 aromatic carbocycles. The topological polar surface area (TPSA) is 112 Å². The molecular weight excluding hydrogens is 276 g/mol. The first kappa shape index (κ1) is 14.8. The fourth-order valence-electron chi connectivity index (χ4n) is 2.06.